The zero-order valence-electron chi connectivity index (χ0n) is 16.9. The van der Waals surface area contributed by atoms with Crippen molar-refractivity contribution >= 4 is 28.0 Å². The number of dihydropyridines is 1. The molecule has 31 heavy (non-hydrogen) atoms. The van der Waals surface area contributed by atoms with Crippen LogP contribution < -0.4 is 15.4 Å². The van der Waals surface area contributed by atoms with Crippen molar-refractivity contribution in [2.75, 3.05) is 13.7 Å². The van der Waals surface area contributed by atoms with Gasteiger partial charge in [-0.25, -0.2) is 14.0 Å². The maximum Gasteiger partial charge on any atom is 0.339 e. The number of esters is 1. The number of rotatable bonds is 4. The highest BCUT2D eigenvalue weighted by molar-refractivity contribution is 7.21. The Kier molecular flexibility index (Phi) is 4.74. The van der Waals surface area contributed by atoms with Gasteiger partial charge >= 0.3 is 5.97 Å². The molecule has 0 saturated carbocycles. The molecule has 2 aliphatic heterocycles. The van der Waals surface area contributed by atoms with Crippen molar-refractivity contribution in [1.82, 2.24) is 30.0 Å². The molecule has 2 N–H and O–H groups in total. The van der Waals surface area contributed by atoms with Gasteiger partial charge in [0.25, 0.3) is 5.91 Å². The lowest BCUT2D eigenvalue weighted by molar-refractivity contribution is -0.135. The van der Waals surface area contributed by atoms with Gasteiger partial charge in [0.05, 0.1) is 53.7 Å². The van der Waals surface area contributed by atoms with E-state index in [0.717, 1.165) is 29.3 Å². The molecule has 0 saturated heterocycles. The largest absolute Gasteiger partial charge is 0.477 e. The number of aryl methyl sites for hydroxylation is 1. The second-order valence-electron chi connectivity index (χ2n) is 7.23. The standard InChI is InChI=1S/C20H20N6O4S/c1-11-15(6-12(7-21-11)20(28)29-2)24-17(27)14-9-23-26-10-16(31-19(14)26)13-8-22-25-4-3-5-30-18(13)25/h6-11,21H,3-5H2,1-2H3,(H,24,27). The van der Waals surface area contributed by atoms with Crippen LogP contribution in [0.5, 0.6) is 5.88 Å². The Labute approximate surface area is 181 Å². The summed E-state index contributed by atoms with van der Waals surface area (Å²) in [5.74, 6) is -0.0347. The number of amides is 1. The summed E-state index contributed by atoms with van der Waals surface area (Å²) in [5, 5.41) is 14.7. The Hall–Kier alpha value is -3.60. The van der Waals surface area contributed by atoms with Crippen LogP contribution in [0.3, 0.4) is 0 Å². The molecule has 1 unspecified atom stereocenters. The van der Waals surface area contributed by atoms with Crippen molar-refractivity contribution in [3.05, 3.63) is 47.7 Å². The lowest BCUT2D eigenvalue weighted by Gasteiger charge is -2.22. The average Bonchev–Trinajstić information content (AvgIpc) is 3.48. The Morgan fingerprint density at radius 2 is 2.23 bits per heavy atom. The monoisotopic (exact) mass is 440 g/mol. The molecule has 160 valence electrons. The molecule has 3 aromatic rings. The molecular formula is C20H20N6O4S. The first-order valence-corrected chi connectivity index (χ1v) is 10.6. The molecule has 10 nitrogen and oxygen atoms in total. The number of methoxy groups -OCH3 is 1. The summed E-state index contributed by atoms with van der Waals surface area (Å²) in [7, 11) is 1.31. The van der Waals surface area contributed by atoms with Crippen LogP contribution in [0.15, 0.2) is 42.1 Å². The summed E-state index contributed by atoms with van der Waals surface area (Å²) in [6.45, 7) is 3.38. The molecule has 0 aliphatic carbocycles. The van der Waals surface area contributed by atoms with E-state index in [1.54, 1.807) is 23.0 Å². The van der Waals surface area contributed by atoms with Crippen LogP contribution in [0, 0.1) is 0 Å². The molecule has 0 bridgehead atoms. The zero-order valence-corrected chi connectivity index (χ0v) is 17.7. The highest BCUT2D eigenvalue weighted by Crippen LogP contribution is 2.37. The van der Waals surface area contributed by atoms with Crippen molar-refractivity contribution in [2.45, 2.75) is 25.9 Å². The Balaban J connectivity index is 1.43. The number of nitrogens with one attached hydrogen (secondary N) is 2. The predicted molar refractivity (Wildman–Crippen MR) is 113 cm³/mol. The topological polar surface area (TPSA) is 112 Å². The fourth-order valence-corrected chi connectivity index (χ4v) is 4.58. The van der Waals surface area contributed by atoms with Gasteiger partial charge in [-0.1, -0.05) is 0 Å². The van der Waals surface area contributed by atoms with Gasteiger partial charge in [-0.05, 0) is 13.0 Å². The molecule has 5 heterocycles. The highest BCUT2D eigenvalue weighted by Gasteiger charge is 2.24. The van der Waals surface area contributed by atoms with Crippen LogP contribution in [0.25, 0.3) is 15.3 Å². The number of fused-ring (bicyclic) bond motifs is 2. The molecule has 11 heteroatoms. The van der Waals surface area contributed by atoms with Crippen molar-refractivity contribution < 1.29 is 19.1 Å². The Bertz CT molecular complexity index is 1250. The van der Waals surface area contributed by atoms with E-state index < -0.39 is 5.97 Å². The smallest absolute Gasteiger partial charge is 0.339 e. The first-order chi connectivity index (χ1) is 15.0. The minimum Gasteiger partial charge on any atom is -0.477 e. The van der Waals surface area contributed by atoms with Gasteiger partial charge in [0.1, 0.15) is 4.83 Å². The fourth-order valence-electron chi connectivity index (χ4n) is 3.52. The van der Waals surface area contributed by atoms with Crippen molar-refractivity contribution in [1.29, 1.82) is 0 Å². The maximum absolute atomic E-state index is 13.0. The number of carbonyl (C=O) groups excluding carboxylic acids is 2. The van der Waals surface area contributed by atoms with Crippen molar-refractivity contribution in [3.8, 4) is 16.3 Å². The van der Waals surface area contributed by atoms with Gasteiger partial charge in [0, 0.05) is 31.1 Å². The summed E-state index contributed by atoms with van der Waals surface area (Å²) in [6.07, 6.45) is 9.31. The molecule has 1 amide bonds. The van der Waals surface area contributed by atoms with Crippen LogP contribution >= 0.6 is 11.3 Å². The Morgan fingerprint density at radius 1 is 1.35 bits per heavy atom. The number of hydrogen-bond donors (Lipinski definition) is 2. The fraction of sp³-hybridized carbons (Fsp3) is 0.300. The van der Waals surface area contributed by atoms with Crippen LogP contribution in [0.1, 0.15) is 23.7 Å². The van der Waals surface area contributed by atoms with E-state index in [9.17, 15) is 9.59 Å². The van der Waals surface area contributed by atoms with Crippen LogP contribution in [0.4, 0.5) is 0 Å². The number of carbonyl (C=O) groups is 2. The first-order valence-electron chi connectivity index (χ1n) is 9.79. The molecule has 2 aliphatic rings. The van der Waals surface area contributed by atoms with Crippen LogP contribution in [-0.2, 0) is 16.1 Å². The summed E-state index contributed by atoms with van der Waals surface area (Å²) in [6, 6.07) is -0.168. The summed E-state index contributed by atoms with van der Waals surface area (Å²) in [4.78, 5) is 26.4. The van der Waals surface area contributed by atoms with E-state index >= 15 is 0 Å². The van der Waals surface area contributed by atoms with Gasteiger partial charge in [0.2, 0.25) is 5.88 Å². The van der Waals surface area contributed by atoms with Crippen LogP contribution in [-0.4, -0.2) is 51.0 Å². The predicted octanol–water partition coefficient (Wildman–Crippen LogP) is 1.70. The molecule has 1 atom stereocenters. The van der Waals surface area contributed by atoms with Gasteiger partial charge in [0.15, 0.2) is 0 Å². The zero-order chi connectivity index (χ0) is 21.5. The molecule has 0 aromatic carbocycles. The number of aromatic nitrogens is 4. The molecule has 0 radical (unpaired) electrons. The number of ether oxygens (including phenoxy) is 2. The second-order valence-corrected chi connectivity index (χ2v) is 8.26. The second kappa shape index (κ2) is 7.58. The van der Waals surface area contributed by atoms with Crippen molar-refractivity contribution in [3.63, 3.8) is 0 Å². The average molecular weight is 440 g/mol. The molecule has 5 rings (SSSR count). The Morgan fingerprint density at radius 3 is 3.06 bits per heavy atom. The maximum atomic E-state index is 13.0. The third-order valence-electron chi connectivity index (χ3n) is 5.20. The minimum atomic E-state index is -0.478. The first kappa shape index (κ1) is 19.4. The normalized spacial score (nSPS) is 17.8. The van der Waals surface area contributed by atoms with E-state index in [1.165, 1.54) is 24.6 Å². The highest BCUT2D eigenvalue weighted by atomic mass is 32.1. The van der Waals surface area contributed by atoms with E-state index in [1.807, 2.05) is 17.8 Å². The minimum absolute atomic E-state index is 0.168. The summed E-state index contributed by atoms with van der Waals surface area (Å²) in [5.41, 5.74) is 2.24. The number of thiazole rings is 1. The number of hydrogen-bond acceptors (Lipinski definition) is 8. The molecule has 0 spiro atoms. The lowest BCUT2D eigenvalue weighted by atomic mass is 10.1. The SMILES string of the molecule is COC(=O)C1=CNC(C)C(NC(=O)c2cnn3cc(-c4cnn5c4OCCC5)sc23)=C1. The molecule has 0 fully saturated rings. The van der Waals surface area contributed by atoms with E-state index in [4.69, 9.17) is 9.47 Å². The van der Waals surface area contributed by atoms with E-state index in [0.29, 0.717) is 28.3 Å². The lowest BCUT2D eigenvalue weighted by Crippen LogP contribution is -2.37. The quantitative estimate of drug-likeness (QED) is 0.594. The van der Waals surface area contributed by atoms with Gasteiger partial charge in [-0.15, -0.1) is 11.3 Å². The summed E-state index contributed by atoms with van der Waals surface area (Å²) >= 11 is 1.45. The number of nitrogens with zero attached hydrogens (tertiary/aromatic N) is 4. The molecular weight excluding hydrogens is 420 g/mol. The van der Waals surface area contributed by atoms with Crippen molar-refractivity contribution in [2.24, 2.45) is 0 Å². The van der Waals surface area contributed by atoms with E-state index in [-0.39, 0.29) is 11.9 Å². The van der Waals surface area contributed by atoms with Gasteiger partial charge in [-0.2, -0.15) is 10.2 Å². The third kappa shape index (κ3) is 3.36. The van der Waals surface area contributed by atoms with Gasteiger partial charge in [-0.3, -0.25) is 4.79 Å². The third-order valence-corrected chi connectivity index (χ3v) is 6.34. The summed E-state index contributed by atoms with van der Waals surface area (Å²) < 4.78 is 14.1. The van der Waals surface area contributed by atoms with Gasteiger partial charge < -0.3 is 20.1 Å². The molecule has 3 aromatic heterocycles. The van der Waals surface area contributed by atoms with E-state index in [2.05, 4.69) is 20.8 Å². The van der Waals surface area contributed by atoms with Crippen LogP contribution in [0.2, 0.25) is 0 Å².